The molecule has 78 valence electrons. The molecule has 2 rings (SSSR count). The SMILES string of the molecule is CC(N)c1ccc(-c2ccccc2Cl)o1. The van der Waals surface area contributed by atoms with Crippen LogP contribution in [0.1, 0.15) is 18.7 Å². The summed E-state index contributed by atoms with van der Waals surface area (Å²) in [5.74, 6) is 1.53. The molecule has 0 aliphatic heterocycles. The highest BCUT2D eigenvalue weighted by Crippen LogP contribution is 2.30. The Morgan fingerprint density at radius 3 is 2.53 bits per heavy atom. The van der Waals surface area contributed by atoms with Gasteiger partial charge in [0.1, 0.15) is 11.5 Å². The third-order valence-electron chi connectivity index (χ3n) is 2.21. The van der Waals surface area contributed by atoms with Crippen LogP contribution in [0.4, 0.5) is 0 Å². The van der Waals surface area contributed by atoms with Crippen molar-refractivity contribution in [2.45, 2.75) is 13.0 Å². The van der Waals surface area contributed by atoms with E-state index >= 15 is 0 Å². The molecular formula is C12H12ClNO. The molecule has 0 bridgehead atoms. The van der Waals surface area contributed by atoms with Crippen molar-refractivity contribution in [1.82, 2.24) is 0 Å². The van der Waals surface area contributed by atoms with Crippen molar-refractivity contribution in [2.75, 3.05) is 0 Å². The van der Waals surface area contributed by atoms with Gasteiger partial charge in [0.15, 0.2) is 0 Å². The van der Waals surface area contributed by atoms with Gasteiger partial charge in [0.05, 0.1) is 11.1 Å². The predicted octanol–water partition coefficient (Wildman–Crippen LogP) is 3.62. The lowest BCUT2D eigenvalue weighted by Crippen LogP contribution is -2.02. The number of hydrogen-bond acceptors (Lipinski definition) is 2. The first-order valence-corrected chi connectivity index (χ1v) is 5.16. The molecule has 0 radical (unpaired) electrons. The molecule has 2 aromatic rings. The Morgan fingerprint density at radius 1 is 1.20 bits per heavy atom. The molecular weight excluding hydrogens is 210 g/mol. The predicted molar refractivity (Wildman–Crippen MR) is 61.8 cm³/mol. The smallest absolute Gasteiger partial charge is 0.135 e. The lowest BCUT2D eigenvalue weighted by Gasteiger charge is -2.01. The van der Waals surface area contributed by atoms with Gasteiger partial charge in [-0.1, -0.05) is 23.7 Å². The van der Waals surface area contributed by atoms with Gasteiger partial charge in [-0.05, 0) is 31.2 Å². The summed E-state index contributed by atoms with van der Waals surface area (Å²) in [6.45, 7) is 1.88. The number of nitrogens with two attached hydrogens (primary N) is 1. The normalized spacial score (nSPS) is 12.7. The molecule has 1 aromatic carbocycles. The molecule has 1 unspecified atom stereocenters. The van der Waals surface area contributed by atoms with Crippen LogP contribution in [-0.4, -0.2) is 0 Å². The maximum absolute atomic E-state index is 6.06. The summed E-state index contributed by atoms with van der Waals surface area (Å²) in [5.41, 5.74) is 6.61. The number of furan rings is 1. The Labute approximate surface area is 93.7 Å². The van der Waals surface area contributed by atoms with E-state index in [0.717, 1.165) is 17.1 Å². The lowest BCUT2D eigenvalue weighted by molar-refractivity contribution is 0.491. The van der Waals surface area contributed by atoms with Gasteiger partial charge >= 0.3 is 0 Å². The summed E-state index contributed by atoms with van der Waals surface area (Å²) >= 11 is 6.06. The first-order chi connectivity index (χ1) is 7.18. The van der Waals surface area contributed by atoms with Gasteiger partial charge in [0, 0.05) is 5.56 Å². The first kappa shape index (κ1) is 10.3. The fourth-order valence-electron chi connectivity index (χ4n) is 1.40. The zero-order valence-corrected chi connectivity index (χ0v) is 9.16. The average Bonchev–Trinajstić information content (AvgIpc) is 2.67. The van der Waals surface area contributed by atoms with E-state index in [9.17, 15) is 0 Å². The van der Waals surface area contributed by atoms with Crippen molar-refractivity contribution >= 4 is 11.6 Å². The van der Waals surface area contributed by atoms with E-state index in [0.29, 0.717) is 5.02 Å². The summed E-state index contributed by atoms with van der Waals surface area (Å²) in [5, 5.41) is 0.683. The molecule has 0 spiro atoms. The molecule has 0 saturated heterocycles. The highest BCUT2D eigenvalue weighted by Gasteiger charge is 2.09. The van der Waals surface area contributed by atoms with Crippen LogP contribution in [0.25, 0.3) is 11.3 Å². The number of rotatable bonds is 2. The van der Waals surface area contributed by atoms with Crippen molar-refractivity contribution in [3.05, 3.63) is 47.2 Å². The van der Waals surface area contributed by atoms with Crippen molar-refractivity contribution < 1.29 is 4.42 Å². The summed E-state index contributed by atoms with van der Waals surface area (Å²) in [6.07, 6.45) is 0. The Kier molecular flexibility index (Phi) is 2.80. The van der Waals surface area contributed by atoms with Crippen LogP contribution in [0.3, 0.4) is 0 Å². The zero-order valence-electron chi connectivity index (χ0n) is 8.41. The Balaban J connectivity index is 2.42. The minimum Gasteiger partial charge on any atom is -0.459 e. The van der Waals surface area contributed by atoms with Crippen molar-refractivity contribution in [1.29, 1.82) is 0 Å². The first-order valence-electron chi connectivity index (χ1n) is 4.78. The van der Waals surface area contributed by atoms with Crippen molar-refractivity contribution in [3.63, 3.8) is 0 Å². The third kappa shape index (κ3) is 2.06. The number of halogens is 1. The van der Waals surface area contributed by atoms with Crippen LogP contribution in [0, 0.1) is 0 Å². The summed E-state index contributed by atoms with van der Waals surface area (Å²) in [7, 11) is 0. The van der Waals surface area contributed by atoms with Crippen LogP contribution in [0.15, 0.2) is 40.8 Å². The van der Waals surface area contributed by atoms with Gasteiger partial charge in [-0.3, -0.25) is 0 Å². The maximum atomic E-state index is 6.06. The molecule has 1 atom stereocenters. The standard InChI is InChI=1S/C12H12ClNO/c1-8(14)11-6-7-12(15-11)9-4-2-3-5-10(9)13/h2-8H,14H2,1H3. The Bertz CT molecular complexity index is 462. The van der Waals surface area contributed by atoms with Gasteiger partial charge in [-0.25, -0.2) is 0 Å². The second-order valence-corrected chi connectivity index (χ2v) is 3.88. The minimum atomic E-state index is -0.0961. The quantitative estimate of drug-likeness (QED) is 0.841. The van der Waals surface area contributed by atoms with Gasteiger partial charge in [-0.2, -0.15) is 0 Å². The topological polar surface area (TPSA) is 39.2 Å². The molecule has 0 aliphatic carbocycles. The van der Waals surface area contributed by atoms with E-state index in [-0.39, 0.29) is 6.04 Å². The summed E-state index contributed by atoms with van der Waals surface area (Å²) in [6, 6.07) is 11.2. The van der Waals surface area contributed by atoms with E-state index in [1.54, 1.807) is 0 Å². The van der Waals surface area contributed by atoms with Crippen LogP contribution in [0.2, 0.25) is 5.02 Å². The summed E-state index contributed by atoms with van der Waals surface area (Å²) < 4.78 is 5.60. The zero-order chi connectivity index (χ0) is 10.8. The van der Waals surface area contributed by atoms with Gasteiger partial charge in [0.25, 0.3) is 0 Å². The van der Waals surface area contributed by atoms with E-state index < -0.39 is 0 Å². The molecule has 0 fully saturated rings. The fourth-order valence-corrected chi connectivity index (χ4v) is 1.63. The molecule has 0 amide bonds. The van der Waals surface area contributed by atoms with Gasteiger partial charge in [-0.15, -0.1) is 0 Å². The number of benzene rings is 1. The molecule has 2 N–H and O–H groups in total. The lowest BCUT2D eigenvalue weighted by atomic mass is 10.2. The van der Waals surface area contributed by atoms with Crippen molar-refractivity contribution in [2.24, 2.45) is 5.73 Å². The largest absolute Gasteiger partial charge is 0.459 e. The number of hydrogen-bond donors (Lipinski definition) is 1. The summed E-state index contributed by atoms with van der Waals surface area (Å²) in [4.78, 5) is 0. The Morgan fingerprint density at radius 2 is 1.93 bits per heavy atom. The fraction of sp³-hybridized carbons (Fsp3) is 0.167. The molecule has 0 saturated carbocycles. The van der Waals surface area contributed by atoms with Crippen molar-refractivity contribution in [3.8, 4) is 11.3 Å². The van der Waals surface area contributed by atoms with E-state index in [4.69, 9.17) is 21.8 Å². The van der Waals surface area contributed by atoms with Crippen LogP contribution >= 0.6 is 11.6 Å². The monoisotopic (exact) mass is 221 g/mol. The average molecular weight is 222 g/mol. The van der Waals surface area contributed by atoms with E-state index in [2.05, 4.69) is 0 Å². The minimum absolute atomic E-state index is 0.0961. The maximum Gasteiger partial charge on any atom is 0.135 e. The molecule has 1 aromatic heterocycles. The molecule has 15 heavy (non-hydrogen) atoms. The molecule has 3 heteroatoms. The van der Waals surface area contributed by atoms with Gasteiger partial charge < -0.3 is 10.2 Å². The van der Waals surface area contributed by atoms with Crippen LogP contribution < -0.4 is 5.73 Å². The highest BCUT2D eigenvalue weighted by atomic mass is 35.5. The highest BCUT2D eigenvalue weighted by molar-refractivity contribution is 6.33. The van der Waals surface area contributed by atoms with E-state index in [1.807, 2.05) is 43.3 Å². The van der Waals surface area contributed by atoms with Gasteiger partial charge in [0.2, 0.25) is 0 Å². The molecule has 2 nitrogen and oxygen atoms in total. The van der Waals surface area contributed by atoms with Crippen LogP contribution in [-0.2, 0) is 0 Å². The second-order valence-electron chi connectivity index (χ2n) is 3.47. The van der Waals surface area contributed by atoms with E-state index in [1.165, 1.54) is 0 Å². The van der Waals surface area contributed by atoms with Crippen LogP contribution in [0.5, 0.6) is 0 Å². The third-order valence-corrected chi connectivity index (χ3v) is 2.54. The second kappa shape index (κ2) is 4.09. The molecule has 0 aliphatic rings. The Hall–Kier alpha value is -1.25. The molecule has 1 heterocycles.